The first-order chi connectivity index (χ1) is 11.1. The van der Waals surface area contributed by atoms with E-state index < -0.39 is 6.23 Å². The molecule has 0 N–H and O–H groups in total. The maximum Gasteiger partial charge on any atom is 0.243 e. The minimum atomic E-state index is -0.517. The predicted molar refractivity (Wildman–Crippen MR) is 100 cm³/mol. The number of hydrazone groups is 1. The van der Waals surface area contributed by atoms with Gasteiger partial charge in [0.25, 0.3) is 0 Å². The Labute approximate surface area is 153 Å². The summed E-state index contributed by atoms with van der Waals surface area (Å²) in [7, 11) is 0. The molecule has 0 saturated heterocycles. The van der Waals surface area contributed by atoms with E-state index >= 15 is 0 Å². The van der Waals surface area contributed by atoms with Gasteiger partial charge in [-0.3, -0.25) is 4.79 Å². The van der Waals surface area contributed by atoms with Crippen LogP contribution in [0.25, 0.3) is 0 Å². The molecule has 2 aromatic carbocycles. The number of nitrogens with zero attached hydrogens (tertiary/aromatic N) is 2. The summed E-state index contributed by atoms with van der Waals surface area (Å²) >= 11 is 3.92. The Balaban J connectivity index is 1.92. The van der Waals surface area contributed by atoms with Crippen molar-refractivity contribution in [2.45, 2.75) is 18.0 Å². The van der Waals surface area contributed by atoms with Crippen LogP contribution in [0.2, 0.25) is 0 Å². The Morgan fingerprint density at radius 2 is 2.00 bits per heavy atom. The van der Waals surface area contributed by atoms with Gasteiger partial charge in [-0.15, -0.1) is 16.9 Å². The molecular formula is C17H15IN2O2S. The van der Waals surface area contributed by atoms with E-state index in [1.54, 1.807) is 11.8 Å². The van der Waals surface area contributed by atoms with Crippen molar-refractivity contribution in [2.24, 2.45) is 5.10 Å². The van der Waals surface area contributed by atoms with Crippen molar-refractivity contribution in [1.82, 2.24) is 5.01 Å². The lowest BCUT2D eigenvalue weighted by Gasteiger charge is -2.19. The Morgan fingerprint density at radius 3 is 2.61 bits per heavy atom. The second-order valence-corrected chi connectivity index (χ2v) is 7.15. The van der Waals surface area contributed by atoms with Gasteiger partial charge >= 0.3 is 0 Å². The molecule has 0 spiro atoms. The number of benzene rings is 2. The molecule has 0 fully saturated rings. The number of hydrogen-bond acceptors (Lipinski definition) is 4. The van der Waals surface area contributed by atoms with Crippen LogP contribution in [-0.2, 0) is 9.53 Å². The second-order valence-electron chi connectivity index (χ2n) is 5.02. The highest BCUT2D eigenvalue weighted by atomic mass is 127. The number of carbonyl (C=O) groups excluding carboxylic acids is 1. The molecule has 0 unspecified atom stereocenters. The van der Waals surface area contributed by atoms with Crippen LogP contribution >= 0.6 is 34.4 Å². The zero-order chi connectivity index (χ0) is 16.4. The fourth-order valence-electron chi connectivity index (χ4n) is 2.29. The number of thioether (sulfide) groups is 1. The molecule has 6 heteroatoms. The maximum atomic E-state index is 11.9. The lowest BCUT2D eigenvalue weighted by atomic mass is 10.2. The van der Waals surface area contributed by atoms with Gasteiger partial charge in [0.2, 0.25) is 18.0 Å². The van der Waals surface area contributed by atoms with Crippen molar-refractivity contribution < 1.29 is 9.53 Å². The van der Waals surface area contributed by atoms with Crippen LogP contribution in [0.3, 0.4) is 0 Å². The molecule has 0 saturated carbocycles. The molecule has 0 radical (unpaired) electrons. The molecule has 0 aromatic heterocycles. The van der Waals surface area contributed by atoms with Gasteiger partial charge in [-0.1, -0.05) is 18.2 Å². The largest absolute Gasteiger partial charge is 0.446 e. The van der Waals surface area contributed by atoms with Crippen LogP contribution in [0.4, 0.5) is 0 Å². The van der Waals surface area contributed by atoms with E-state index in [0.29, 0.717) is 5.90 Å². The topological polar surface area (TPSA) is 41.9 Å². The van der Waals surface area contributed by atoms with Crippen molar-refractivity contribution in [3.63, 3.8) is 0 Å². The van der Waals surface area contributed by atoms with Crippen LogP contribution < -0.4 is 0 Å². The highest BCUT2D eigenvalue weighted by Crippen LogP contribution is 2.31. The summed E-state index contributed by atoms with van der Waals surface area (Å²) in [5.74, 6) is 0.322. The summed E-state index contributed by atoms with van der Waals surface area (Å²) in [5.41, 5.74) is 1.77. The molecule has 23 heavy (non-hydrogen) atoms. The van der Waals surface area contributed by atoms with Crippen molar-refractivity contribution >= 4 is 46.2 Å². The summed E-state index contributed by atoms with van der Waals surface area (Å²) in [6.07, 6.45) is 1.51. The highest BCUT2D eigenvalue weighted by Gasteiger charge is 2.33. The number of carbonyl (C=O) groups is 1. The summed E-state index contributed by atoms with van der Waals surface area (Å²) in [4.78, 5) is 13.1. The molecule has 1 aliphatic rings. The Morgan fingerprint density at radius 1 is 1.26 bits per heavy atom. The van der Waals surface area contributed by atoms with Crippen molar-refractivity contribution in [1.29, 1.82) is 0 Å². The van der Waals surface area contributed by atoms with E-state index in [-0.39, 0.29) is 5.91 Å². The highest BCUT2D eigenvalue weighted by molar-refractivity contribution is 14.1. The number of halogens is 1. The minimum absolute atomic E-state index is 0.149. The summed E-state index contributed by atoms with van der Waals surface area (Å²) < 4.78 is 7.07. The Hall–Kier alpha value is -1.54. The molecular weight excluding hydrogens is 423 g/mol. The third-order valence-electron chi connectivity index (χ3n) is 3.44. The zero-order valence-electron chi connectivity index (χ0n) is 12.7. The SMILES string of the molecule is CSc1ccc([C@H]2OC(c3cccc(I)c3)=NN2C(C)=O)cc1. The molecule has 1 heterocycles. The predicted octanol–water partition coefficient (Wildman–Crippen LogP) is 4.25. The first-order valence-electron chi connectivity index (χ1n) is 7.03. The van der Waals surface area contributed by atoms with Crippen LogP contribution in [0.5, 0.6) is 0 Å². The van der Waals surface area contributed by atoms with Gasteiger partial charge in [-0.25, -0.2) is 0 Å². The van der Waals surface area contributed by atoms with E-state index in [1.807, 2.05) is 54.8 Å². The van der Waals surface area contributed by atoms with Crippen LogP contribution in [0.1, 0.15) is 24.3 Å². The fraction of sp³-hybridized carbons (Fsp3) is 0.176. The van der Waals surface area contributed by atoms with Crippen LogP contribution in [-0.4, -0.2) is 23.1 Å². The van der Waals surface area contributed by atoms with Gasteiger partial charge in [-0.05, 0) is 59.2 Å². The monoisotopic (exact) mass is 438 g/mol. The molecule has 3 rings (SSSR count). The molecule has 118 valence electrons. The maximum absolute atomic E-state index is 11.9. The van der Waals surface area contributed by atoms with E-state index in [0.717, 1.165) is 14.7 Å². The zero-order valence-corrected chi connectivity index (χ0v) is 15.7. The second kappa shape index (κ2) is 6.92. The van der Waals surface area contributed by atoms with E-state index in [2.05, 4.69) is 27.7 Å². The third kappa shape index (κ3) is 3.53. The number of hydrogen-bond donors (Lipinski definition) is 0. The first-order valence-corrected chi connectivity index (χ1v) is 9.34. The number of ether oxygens (including phenoxy) is 1. The molecule has 2 aromatic rings. The van der Waals surface area contributed by atoms with Gasteiger partial charge in [0.15, 0.2) is 0 Å². The van der Waals surface area contributed by atoms with E-state index in [9.17, 15) is 4.79 Å². The lowest BCUT2D eigenvalue weighted by molar-refractivity contribution is -0.135. The number of amides is 1. The van der Waals surface area contributed by atoms with Crippen LogP contribution in [0, 0.1) is 3.57 Å². The molecule has 0 aliphatic carbocycles. The van der Waals surface area contributed by atoms with E-state index in [4.69, 9.17) is 4.74 Å². The van der Waals surface area contributed by atoms with Gasteiger partial charge in [0.1, 0.15) is 0 Å². The Bertz CT molecular complexity index is 761. The van der Waals surface area contributed by atoms with Gasteiger partial charge in [0, 0.05) is 26.5 Å². The van der Waals surface area contributed by atoms with Gasteiger partial charge < -0.3 is 4.74 Å². The van der Waals surface area contributed by atoms with Crippen molar-refractivity contribution in [3.8, 4) is 0 Å². The number of rotatable bonds is 3. The summed E-state index contributed by atoms with van der Waals surface area (Å²) in [5, 5.41) is 5.76. The summed E-state index contributed by atoms with van der Waals surface area (Å²) in [6.45, 7) is 1.49. The van der Waals surface area contributed by atoms with Gasteiger partial charge in [0.05, 0.1) is 0 Å². The van der Waals surface area contributed by atoms with Crippen LogP contribution in [0.15, 0.2) is 58.5 Å². The molecule has 1 aliphatic heterocycles. The van der Waals surface area contributed by atoms with Crippen molar-refractivity contribution in [2.75, 3.05) is 6.26 Å². The molecule has 4 nitrogen and oxygen atoms in total. The Kier molecular flexibility index (Phi) is 4.91. The molecule has 0 bridgehead atoms. The normalized spacial score (nSPS) is 16.9. The fourth-order valence-corrected chi connectivity index (χ4v) is 3.24. The van der Waals surface area contributed by atoms with Gasteiger partial charge in [-0.2, -0.15) is 5.01 Å². The van der Waals surface area contributed by atoms with Crippen molar-refractivity contribution in [3.05, 3.63) is 63.2 Å². The standard InChI is InChI=1S/C17H15IN2O2S/c1-11(21)20-17(12-6-8-15(23-2)9-7-12)22-16(19-20)13-4-3-5-14(18)10-13/h3-10,17H,1-2H3/t17-/m1/s1. The molecule has 1 amide bonds. The molecule has 1 atom stereocenters. The lowest BCUT2D eigenvalue weighted by Crippen LogP contribution is -2.25. The minimum Gasteiger partial charge on any atom is -0.446 e. The first kappa shape index (κ1) is 16.3. The quantitative estimate of drug-likeness (QED) is 0.532. The smallest absolute Gasteiger partial charge is 0.243 e. The average Bonchev–Trinajstić information content (AvgIpc) is 3.00. The average molecular weight is 438 g/mol. The third-order valence-corrected chi connectivity index (χ3v) is 4.85. The van der Waals surface area contributed by atoms with E-state index in [1.165, 1.54) is 16.8 Å². The summed E-state index contributed by atoms with van der Waals surface area (Å²) in [6, 6.07) is 15.8.